The van der Waals surface area contributed by atoms with Crippen molar-refractivity contribution >= 4 is 22.4 Å². The molecule has 1 amide bonds. The lowest BCUT2D eigenvalue weighted by Gasteiger charge is -2.00. The van der Waals surface area contributed by atoms with Gasteiger partial charge in [-0.2, -0.15) is 5.26 Å². The fraction of sp³-hybridized carbons (Fsp3) is 0. The van der Waals surface area contributed by atoms with Crippen LogP contribution in [0.1, 0.15) is 15.2 Å². The predicted molar refractivity (Wildman–Crippen MR) is 61.2 cm³/mol. The molecule has 2 aromatic rings. The van der Waals surface area contributed by atoms with Gasteiger partial charge in [-0.05, 0) is 24.3 Å². The number of thiazole rings is 1. The maximum absolute atomic E-state index is 12.6. The number of aromatic nitrogens is 1. The van der Waals surface area contributed by atoms with Crippen molar-refractivity contribution < 1.29 is 9.18 Å². The molecule has 1 aromatic heterocycles. The molecule has 2 rings (SSSR count). The summed E-state index contributed by atoms with van der Waals surface area (Å²) >= 11 is 1.08. The maximum Gasteiger partial charge on any atom is 0.257 e. The highest BCUT2D eigenvalue weighted by molar-refractivity contribution is 7.16. The molecule has 1 N–H and O–H groups in total. The van der Waals surface area contributed by atoms with E-state index in [0.29, 0.717) is 15.6 Å². The number of rotatable bonds is 2. The summed E-state index contributed by atoms with van der Waals surface area (Å²) < 4.78 is 12.6. The molecule has 0 saturated carbocycles. The molecule has 0 aliphatic carbocycles. The Morgan fingerprint density at radius 3 is 2.71 bits per heavy atom. The van der Waals surface area contributed by atoms with Crippen LogP contribution >= 0.6 is 11.3 Å². The number of benzene rings is 1. The van der Waals surface area contributed by atoms with E-state index in [4.69, 9.17) is 5.26 Å². The molecule has 17 heavy (non-hydrogen) atoms. The van der Waals surface area contributed by atoms with Crippen molar-refractivity contribution in [2.45, 2.75) is 0 Å². The first-order valence-corrected chi connectivity index (χ1v) is 5.43. The zero-order valence-electron chi connectivity index (χ0n) is 8.48. The van der Waals surface area contributed by atoms with Crippen LogP contribution < -0.4 is 5.32 Å². The Labute approximate surface area is 100 Å². The first kappa shape index (κ1) is 11.2. The number of nitrogens with one attached hydrogen (secondary N) is 1. The summed E-state index contributed by atoms with van der Waals surface area (Å²) in [6, 6.07) is 7.09. The highest BCUT2D eigenvalue weighted by Gasteiger charge is 2.08. The van der Waals surface area contributed by atoms with Gasteiger partial charge in [0.25, 0.3) is 5.91 Å². The van der Waals surface area contributed by atoms with E-state index in [2.05, 4.69) is 10.3 Å². The number of halogens is 1. The standard InChI is InChI=1S/C11H6FN3OS/c12-8-3-1-7(2-4-8)10(16)15-11-14-6-9(5-13)17-11/h1-4,6H,(H,14,15,16). The number of carbonyl (C=O) groups excluding carboxylic acids is 1. The molecule has 0 fully saturated rings. The minimum Gasteiger partial charge on any atom is -0.298 e. The lowest BCUT2D eigenvalue weighted by molar-refractivity contribution is 0.102. The topological polar surface area (TPSA) is 65.8 Å². The second kappa shape index (κ2) is 4.72. The van der Waals surface area contributed by atoms with E-state index in [1.807, 2.05) is 6.07 Å². The third kappa shape index (κ3) is 2.65. The Bertz CT molecular complexity index is 586. The van der Waals surface area contributed by atoms with Crippen molar-refractivity contribution in [2.75, 3.05) is 5.32 Å². The summed E-state index contributed by atoms with van der Waals surface area (Å²) in [6.07, 6.45) is 1.38. The molecule has 0 aliphatic heterocycles. The predicted octanol–water partition coefficient (Wildman–Crippen LogP) is 2.41. The minimum atomic E-state index is -0.400. The van der Waals surface area contributed by atoms with Crippen LogP contribution in [0.25, 0.3) is 0 Å². The molecule has 4 nitrogen and oxygen atoms in total. The van der Waals surface area contributed by atoms with E-state index in [-0.39, 0.29) is 5.91 Å². The number of hydrogen-bond acceptors (Lipinski definition) is 4. The summed E-state index contributed by atoms with van der Waals surface area (Å²) in [5, 5.41) is 11.5. The third-order valence-corrected chi connectivity index (χ3v) is 2.76. The van der Waals surface area contributed by atoms with Gasteiger partial charge in [0, 0.05) is 5.56 Å². The second-order valence-corrected chi connectivity index (χ2v) is 4.13. The fourth-order valence-corrected chi connectivity index (χ4v) is 1.76. The largest absolute Gasteiger partial charge is 0.298 e. The molecule has 1 aromatic carbocycles. The van der Waals surface area contributed by atoms with Gasteiger partial charge >= 0.3 is 0 Å². The van der Waals surface area contributed by atoms with Crippen LogP contribution in [0, 0.1) is 17.1 Å². The Balaban J connectivity index is 2.11. The first-order chi connectivity index (χ1) is 8.19. The van der Waals surface area contributed by atoms with Crippen LogP contribution in [0.3, 0.4) is 0 Å². The van der Waals surface area contributed by atoms with E-state index in [0.717, 1.165) is 11.3 Å². The molecule has 0 saturated heterocycles. The fourth-order valence-electron chi connectivity index (χ4n) is 1.15. The van der Waals surface area contributed by atoms with Gasteiger partial charge in [-0.15, -0.1) is 0 Å². The van der Waals surface area contributed by atoms with Crippen LogP contribution in [-0.2, 0) is 0 Å². The molecule has 0 radical (unpaired) electrons. The molecule has 6 heteroatoms. The zero-order chi connectivity index (χ0) is 12.3. The van der Waals surface area contributed by atoms with E-state index in [9.17, 15) is 9.18 Å². The van der Waals surface area contributed by atoms with Crippen LogP contribution in [-0.4, -0.2) is 10.9 Å². The summed E-state index contributed by atoms with van der Waals surface area (Å²) in [5.41, 5.74) is 0.333. The van der Waals surface area contributed by atoms with Crippen LogP contribution in [0.5, 0.6) is 0 Å². The average Bonchev–Trinajstić information content (AvgIpc) is 2.77. The summed E-state index contributed by atoms with van der Waals surface area (Å²) in [4.78, 5) is 15.9. The molecule has 0 aliphatic rings. The number of amides is 1. The Hall–Kier alpha value is -2.26. The summed E-state index contributed by atoms with van der Waals surface area (Å²) in [7, 11) is 0. The molecule has 0 spiro atoms. The van der Waals surface area contributed by atoms with Crippen molar-refractivity contribution in [1.82, 2.24) is 4.98 Å². The Morgan fingerprint density at radius 1 is 1.41 bits per heavy atom. The number of nitrogens with zero attached hydrogens (tertiary/aromatic N) is 2. The van der Waals surface area contributed by atoms with Crippen LogP contribution in [0.4, 0.5) is 9.52 Å². The van der Waals surface area contributed by atoms with Gasteiger partial charge in [-0.3, -0.25) is 10.1 Å². The van der Waals surface area contributed by atoms with E-state index < -0.39 is 5.82 Å². The van der Waals surface area contributed by atoms with Crippen molar-refractivity contribution in [3.05, 3.63) is 46.7 Å². The Morgan fingerprint density at radius 2 is 2.12 bits per heavy atom. The summed E-state index contributed by atoms with van der Waals surface area (Å²) in [6.45, 7) is 0. The lowest BCUT2D eigenvalue weighted by Crippen LogP contribution is -2.11. The molecule has 1 heterocycles. The van der Waals surface area contributed by atoms with E-state index in [1.165, 1.54) is 30.5 Å². The third-order valence-electron chi connectivity index (χ3n) is 1.94. The van der Waals surface area contributed by atoms with Crippen LogP contribution in [0.2, 0.25) is 0 Å². The van der Waals surface area contributed by atoms with Gasteiger partial charge in [0.2, 0.25) is 0 Å². The highest BCUT2D eigenvalue weighted by Crippen LogP contribution is 2.17. The molecule has 84 valence electrons. The van der Waals surface area contributed by atoms with Gasteiger partial charge in [0.15, 0.2) is 5.13 Å². The van der Waals surface area contributed by atoms with Crippen molar-refractivity contribution in [3.63, 3.8) is 0 Å². The van der Waals surface area contributed by atoms with Crippen molar-refractivity contribution in [2.24, 2.45) is 0 Å². The number of carbonyl (C=O) groups is 1. The summed E-state index contributed by atoms with van der Waals surface area (Å²) in [5.74, 6) is -0.786. The lowest BCUT2D eigenvalue weighted by atomic mass is 10.2. The first-order valence-electron chi connectivity index (χ1n) is 4.62. The van der Waals surface area contributed by atoms with Gasteiger partial charge < -0.3 is 0 Å². The van der Waals surface area contributed by atoms with Gasteiger partial charge in [-0.25, -0.2) is 9.37 Å². The van der Waals surface area contributed by atoms with Crippen molar-refractivity contribution in [1.29, 1.82) is 5.26 Å². The molecule has 0 unspecified atom stereocenters. The van der Waals surface area contributed by atoms with Gasteiger partial charge in [-0.1, -0.05) is 11.3 Å². The number of anilines is 1. The van der Waals surface area contributed by atoms with Crippen molar-refractivity contribution in [3.8, 4) is 6.07 Å². The Kier molecular flexibility index (Phi) is 3.12. The normalized spacial score (nSPS) is 9.65. The van der Waals surface area contributed by atoms with E-state index >= 15 is 0 Å². The van der Waals surface area contributed by atoms with Gasteiger partial charge in [0.05, 0.1) is 6.20 Å². The van der Waals surface area contributed by atoms with E-state index in [1.54, 1.807) is 0 Å². The average molecular weight is 247 g/mol. The molecule has 0 atom stereocenters. The highest BCUT2D eigenvalue weighted by atomic mass is 32.1. The molecular weight excluding hydrogens is 241 g/mol. The quantitative estimate of drug-likeness (QED) is 0.886. The molecule has 0 bridgehead atoms. The number of hydrogen-bond donors (Lipinski definition) is 1. The monoisotopic (exact) mass is 247 g/mol. The number of nitriles is 1. The minimum absolute atomic E-state index is 0.333. The SMILES string of the molecule is N#Cc1cnc(NC(=O)c2ccc(F)cc2)s1. The zero-order valence-corrected chi connectivity index (χ0v) is 9.29. The molecular formula is C11H6FN3OS. The van der Waals surface area contributed by atoms with Crippen LogP contribution in [0.15, 0.2) is 30.5 Å². The smallest absolute Gasteiger partial charge is 0.257 e. The second-order valence-electron chi connectivity index (χ2n) is 3.10. The maximum atomic E-state index is 12.6. The van der Waals surface area contributed by atoms with Gasteiger partial charge in [0.1, 0.15) is 16.8 Å².